The van der Waals surface area contributed by atoms with E-state index in [1.54, 1.807) is 77.3 Å². The molecule has 0 aromatic heterocycles. The molecule has 1 atom stereocenters. The second-order valence-electron chi connectivity index (χ2n) is 9.97. The molecule has 7 nitrogen and oxygen atoms in total. The second kappa shape index (κ2) is 15.6. The fourth-order valence-corrected chi connectivity index (χ4v) is 5.13. The minimum atomic E-state index is -1.02. The number of hydrogen-bond acceptors (Lipinski definition) is 6. The number of nitrogens with zero attached hydrogens (tertiary/aromatic N) is 1. The molecular formula is C35H36N2O5S. The Balaban J connectivity index is 1.39. The third kappa shape index (κ3) is 8.72. The Labute approximate surface area is 256 Å². The number of hydrogen-bond donors (Lipinski definition) is 2. The van der Waals surface area contributed by atoms with E-state index in [0.29, 0.717) is 42.1 Å². The van der Waals surface area contributed by atoms with Gasteiger partial charge in [0.15, 0.2) is 5.78 Å². The van der Waals surface area contributed by atoms with Crippen molar-refractivity contribution >= 4 is 40.8 Å². The number of carbonyl (C=O) groups excluding carboxylic acids is 2. The molecule has 4 aromatic carbocycles. The first-order chi connectivity index (χ1) is 20.9. The molecule has 222 valence electrons. The first-order valence-corrected chi connectivity index (χ1v) is 15.5. The van der Waals surface area contributed by atoms with Gasteiger partial charge in [-0.3, -0.25) is 9.59 Å². The predicted molar refractivity (Wildman–Crippen MR) is 172 cm³/mol. The lowest BCUT2D eigenvalue weighted by Crippen LogP contribution is -2.34. The number of thioether (sulfide) groups is 1. The summed E-state index contributed by atoms with van der Waals surface area (Å²) in [5, 5.41) is 13.0. The van der Waals surface area contributed by atoms with Crippen molar-refractivity contribution in [2.24, 2.45) is 0 Å². The molecule has 0 radical (unpaired) electrons. The van der Waals surface area contributed by atoms with Gasteiger partial charge in [0.25, 0.3) is 0 Å². The third-order valence-electron chi connectivity index (χ3n) is 6.91. The van der Waals surface area contributed by atoms with E-state index in [-0.39, 0.29) is 18.1 Å². The van der Waals surface area contributed by atoms with E-state index in [1.807, 2.05) is 55.6 Å². The molecule has 0 fully saturated rings. The number of anilines is 2. The molecule has 1 unspecified atom stereocenters. The minimum absolute atomic E-state index is 0.0546. The summed E-state index contributed by atoms with van der Waals surface area (Å²) in [6, 6.07) is 30.1. The number of ether oxygens (including phenoxy) is 1. The van der Waals surface area contributed by atoms with Gasteiger partial charge in [-0.1, -0.05) is 67.6 Å². The first-order valence-electron chi connectivity index (χ1n) is 14.2. The van der Waals surface area contributed by atoms with Crippen LogP contribution in [0.15, 0.2) is 108 Å². The van der Waals surface area contributed by atoms with Crippen LogP contribution in [0, 0.1) is 0 Å². The first kappa shape index (κ1) is 31.4. The van der Waals surface area contributed by atoms with Crippen LogP contribution in [-0.4, -0.2) is 48.2 Å². The van der Waals surface area contributed by atoms with Gasteiger partial charge < -0.3 is 20.1 Å². The molecule has 0 saturated heterocycles. The summed E-state index contributed by atoms with van der Waals surface area (Å²) in [6.07, 6.45) is 3.43. The lowest BCUT2D eigenvalue weighted by molar-refractivity contribution is -0.137. The Hall–Kier alpha value is -4.56. The molecule has 0 aliphatic carbocycles. The summed E-state index contributed by atoms with van der Waals surface area (Å²) in [4.78, 5) is 41.0. The highest BCUT2D eigenvalue weighted by Gasteiger charge is 2.21. The number of rotatable bonds is 15. The Kier molecular flexibility index (Phi) is 11.4. The minimum Gasteiger partial charge on any atom is -0.492 e. The highest BCUT2D eigenvalue weighted by Crippen LogP contribution is 2.24. The number of carboxylic acid groups (broad SMARTS) is 1. The molecule has 8 heteroatoms. The van der Waals surface area contributed by atoms with Crippen molar-refractivity contribution in [1.82, 2.24) is 0 Å². The maximum absolute atomic E-state index is 13.1. The molecule has 4 aromatic rings. The Morgan fingerprint density at radius 2 is 1.63 bits per heavy atom. The number of nitrogens with one attached hydrogen (secondary N) is 1. The van der Waals surface area contributed by atoms with Crippen LogP contribution in [0.4, 0.5) is 11.4 Å². The molecule has 43 heavy (non-hydrogen) atoms. The monoisotopic (exact) mass is 596 g/mol. The zero-order valence-corrected chi connectivity index (χ0v) is 25.2. The van der Waals surface area contributed by atoms with Gasteiger partial charge in [-0.15, -0.1) is 11.8 Å². The van der Waals surface area contributed by atoms with Gasteiger partial charge in [-0.25, -0.2) is 4.79 Å². The fourth-order valence-electron chi connectivity index (χ4n) is 4.68. The van der Waals surface area contributed by atoms with E-state index in [0.717, 1.165) is 22.6 Å². The lowest BCUT2D eigenvalue weighted by atomic mass is 10.00. The van der Waals surface area contributed by atoms with Crippen LogP contribution in [0.1, 0.15) is 41.3 Å². The normalized spacial score (nSPS) is 11.4. The number of aliphatic carboxylic acids is 1. The van der Waals surface area contributed by atoms with Gasteiger partial charge in [-0.2, -0.15) is 0 Å². The summed E-state index contributed by atoms with van der Waals surface area (Å²) in [6.45, 7) is 2.70. The van der Waals surface area contributed by atoms with Crippen LogP contribution >= 0.6 is 11.8 Å². The summed E-state index contributed by atoms with van der Waals surface area (Å²) in [5.41, 5.74) is 3.06. The van der Waals surface area contributed by atoms with Crippen molar-refractivity contribution in [2.45, 2.75) is 37.1 Å². The molecular weight excluding hydrogens is 560 g/mol. The quantitative estimate of drug-likeness (QED) is 0.113. The van der Waals surface area contributed by atoms with E-state index in [2.05, 4.69) is 5.32 Å². The SMILES string of the molecule is CCCC(=O)N(CCOc1ccc(CC(Nc2ccccc2C(=O)c2ccccc2)C(=O)O)cc1)c1cccc(SC)c1. The van der Waals surface area contributed by atoms with Crippen LogP contribution in [0.3, 0.4) is 0 Å². The van der Waals surface area contributed by atoms with Gasteiger partial charge in [0.05, 0.1) is 6.54 Å². The predicted octanol–water partition coefficient (Wildman–Crippen LogP) is 6.96. The molecule has 4 rings (SSSR count). The van der Waals surface area contributed by atoms with Crippen LogP contribution < -0.4 is 15.0 Å². The number of benzene rings is 4. The van der Waals surface area contributed by atoms with E-state index < -0.39 is 12.0 Å². The average Bonchev–Trinajstić information content (AvgIpc) is 3.04. The number of carbonyl (C=O) groups is 3. The number of carboxylic acids is 1. The van der Waals surface area contributed by atoms with Crippen LogP contribution in [0.5, 0.6) is 5.75 Å². The maximum atomic E-state index is 13.1. The maximum Gasteiger partial charge on any atom is 0.326 e. The number of ketones is 1. The summed E-state index contributed by atoms with van der Waals surface area (Å²) in [7, 11) is 0. The Morgan fingerprint density at radius 3 is 2.33 bits per heavy atom. The summed E-state index contributed by atoms with van der Waals surface area (Å²) in [5.74, 6) is -0.520. The van der Waals surface area contributed by atoms with Crippen LogP contribution in [-0.2, 0) is 16.0 Å². The van der Waals surface area contributed by atoms with Crippen molar-refractivity contribution in [3.05, 3.63) is 120 Å². The lowest BCUT2D eigenvalue weighted by Gasteiger charge is -2.23. The molecule has 0 bridgehead atoms. The molecule has 1 amide bonds. The van der Waals surface area contributed by atoms with Crippen molar-refractivity contribution in [3.8, 4) is 5.75 Å². The summed E-state index contributed by atoms with van der Waals surface area (Å²) < 4.78 is 5.96. The average molecular weight is 597 g/mol. The van der Waals surface area contributed by atoms with Gasteiger partial charge >= 0.3 is 5.97 Å². The van der Waals surface area contributed by atoms with Gasteiger partial charge in [0, 0.05) is 40.2 Å². The Bertz CT molecular complexity index is 1530. The van der Waals surface area contributed by atoms with E-state index >= 15 is 0 Å². The third-order valence-corrected chi connectivity index (χ3v) is 7.64. The largest absolute Gasteiger partial charge is 0.492 e. The standard InChI is InChI=1S/C35H36N2O5S/c1-3-10-33(38)37(27-13-9-14-29(24-27)43-2)21-22-42-28-19-17-25(18-20-28)23-32(35(40)41)36-31-16-8-7-15-30(31)34(39)26-11-5-4-6-12-26/h4-9,11-20,24,32,36H,3,10,21-23H2,1-2H3,(H,40,41). The van der Waals surface area contributed by atoms with Gasteiger partial charge in [0.1, 0.15) is 18.4 Å². The van der Waals surface area contributed by atoms with Crippen LogP contribution in [0.2, 0.25) is 0 Å². The molecule has 0 aliphatic rings. The topological polar surface area (TPSA) is 95.9 Å². The number of para-hydroxylation sites is 1. The van der Waals surface area contributed by atoms with Crippen LogP contribution in [0.25, 0.3) is 0 Å². The second-order valence-corrected chi connectivity index (χ2v) is 10.8. The van der Waals surface area contributed by atoms with Crippen molar-refractivity contribution in [1.29, 1.82) is 0 Å². The zero-order chi connectivity index (χ0) is 30.6. The summed E-state index contributed by atoms with van der Waals surface area (Å²) >= 11 is 1.63. The molecule has 0 spiro atoms. The van der Waals surface area contributed by atoms with E-state index in [4.69, 9.17) is 4.74 Å². The van der Waals surface area contributed by atoms with Crippen molar-refractivity contribution < 1.29 is 24.2 Å². The van der Waals surface area contributed by atoms with E-state index in [9.17, 15) is 19.5 Å². The Morgan fingerprint density at radius 1 is 0.907 bits per heavy atom. The zero-order valence-electron chi connectivity index (χ0n) is 24.4. The van der Waals surface area contributed by atoms with Gasteiger partial charge in [0.2, 0.25) is 5.91 Å². The molecule has 0 saturated carbocycles. The molecule has 2 N–H and O–H groups in total. The van der Waals surface area contributed by atoms with Crippen molar-refractivity contribution in [2.75, 3.05) is 29.6 Å². The molecule has 0 heterocycles. The fraction of sp³-hybridized carbons (Fsp3) is 0.229. The highest BCUT2D eigenvalue weighted by molar-refractivity contribution is 7.98. The van der Waals surface area contributed by atoms with E-state index in [1.165, 1.54) is 0 Å². The smallest absolute Gasteiger partial charge is 0.326 e. The highest BCUT2D eigenvalue weighted by atomic mass is 32.2. The number of amides is 1. The van der Waals surface area contributed by atoms with Gasteiger partial charge in [-0.05, 0) is 60.7 Å². The molecule has 0 aliphatic heterocycles. The van der Waals surface area contributed by atoms with Crippen molar-refractivity contribution in [3.63, 3.8) is 0 Å².